The molecule has 1 aliphatic rings. The highest BCUT2D eigenvalue weighted by atomic mass is 32.1. The van der Waals surface area contributed by atoms with E-state index >= 15 is 0 Å². The molecule has 0 radical (unpaired) electrons. The Hall–Kier alpha value is -1.55. The number of para-hydroxylation sites is 1. The molecule has 20 heavy (non-hydrogen) atoms. The number of rotatable bonds is 1. The quantitative estimate of drug-likeness (QED) is 0.787. The SMILES string of the molecule is CC(C)=CN1Cc2cccc3[nH]c(=S)n(c23)[C@@H](C)[C@@H]1C. The van der Waals surface area contributed by atoms with Gasteiger partial charge in [-0.2, -0.15) is 0 Å². The van der Waals surface area contributed by atoms with Gasteiger partial charge in [0.05, 0.1) is 17.1 Å². The fourth-order valence-corrected chi connectivity index (χ4v) is 3.47. The van der Waals surface area contributed by atoms with Crippen LogP contribution in [-0.4, -0.2) is 20.5 Å². The molecule has 0 aliphatic carbocycles. The largest absolute Gasteiger partial charge is 0.368 e. The van der Waals surface area contributed by atoms with Gasteiger partial charge >= 0.3 is 0 Å². The van der Waals surface area contributed by atoms with Crippen molar-refractivity contribution in [2.45, 2.75) is 46.3 Å². The molecular formula is C16H21N3S. The fourth-order valence-electron chi connectivity index (χ4n) is 3.10. The number of aromatic amines is 1. The normalized spacial score (nSPS) is 21.9. The van der Waals surface area contributed by atoms with Crippen molar-refractivity contribution in [1.29, 1.82) is 0 Å². The van der Waals surface area contributed by atoms with E-state index in [9.17, 15) is 0 Å². The molecule has 2 atom stereocenters. The Morgan fingerprint density at radius 2 is 2.05 bits per heavy atom. The van der Waals surface area contributed by atoms with E-state index < -0.39 is 0 Å². The summed E-state index contributed by atoms with van der Waals surface area (Å²) in [7, 11) is 0. The smallest absolute Gasteiger partial charge is 0.178 e. The van der Waals surface area contributed by atoms with E-state index in [4.69, 9.17) is 12.2 Å². The van der Waals surface area contributed by atoms with Gasteiger partial charge in [0.2, 0.25) is 0 Å². The zero-order chi connectivity index (χ0) is 14.4. The summed E-state index contributed by atoms with van der Waals surface area (Å²) < 4.78 is 3.11. The second-order valence-electron chi connectivity index (χ2n) is 5.97. The van der Waals surface area contributed by atoms with Crippen LogP contribution in [0.3, 0.4) is 0 Å². The van der Waals surface area contributed by atoms with Crippen LogP contribution < -0.4 is 0 Å². The minimum atomic E-state index is 0.343. The van der Waals surface area contributed by atoms with Crippen molar-refractivity contribution in [2.24, 2.45) is 0 Å². The Morgan fingerprint density at radius 1 is 1.30 bits per heavy atom. The highest BCUT2D eigenvalue weighted by molar-refractivity contribution is 7.71. The summed E-state index contributed by atoms with van der Waals surface area (Å²) in [6.45, 7) is 9.75. The van der Waals surface area contributed by atoms with Gasteiger partial charge in [0.25, 0.3) is 0 Å². The van der Waals surface area contributed by atoms with Crippen molar-refractivity contribution in [2.75, 3.05) is 0 Å². The number of hydrogen-bond donors (Lipinski definition) is 1. The predicted molar refractivity (Wildman–Crippen MR) is 86.3 cm³/mol. The summed E-state index contributed by atoms with van der Waals surface area (Å²) in [5.74, 6) is 0. The van der Waals surface area contributed by atoms with Gasteiger partial charge < -0.3 is 14.5 Å². The van der Waals surface area contributed by atoms with Gasteiger partial charge in [0, 0.05) is 12.6 Å². The van der Waals surface area contributed by atoms with Crippen LogP contribution in [0, 0.1) is 4.77 Å². The van der Waals surface area contributed by atoms with Gasteiger partial charge in [0.1, 0.15) is 0 Å². The van der Waals surface area contributed by atoms with Gasteiger partial charge in [-0.05, 0) is 57.7 Å². The molecule has 4 heteroatoms. The average Bonchev–Trinajstić information content (AvgIpc) is 2.67. The number of nitrogens with one attached hydrogen (secondary N) is 1. The van der Waals surface area contributed by atoms with Gasteiger partial charge in [-0.1, -0.05) is 17.7 Å². The van der Waals surface area contributed by atoms with Crippen molar-refractivity contribution >= 4 is 23.3 Å². The first-order valence-corrected chi connectivity index (χ1v) is 7.52. The van der Waals surface area contributed by atoms with Crippen LogP contribution in [0.1, 0.15) is 39.3 Å². The molecule has 2 aromatic rings. The standard InChI is InChI=1S/C16H21N3S/c1-10(2)8-18-9-13-6-5-7-14-15(13)19(16(20)17-14)12(4)11(18)3/h5-8,11-12H,9H2,1-4H3,(H,17,20)/t11-,12-/m0/s1. The van der Waals surface area contributed by atoms with Crippen molar-refractivity contribution in [3.63, 3.8) is 0 Å². The molecule has 0 bridgehead atoms. The molecule has 0 amide bonds. The molecule has 0 spiro atoms. The van der Waals surface area contributed by atoms with Crippen LogP contribution in [0.5, 0.6) is 0 Å². The van der Waals surface area contributed by atoms with Crippen LogP contribution in [0.25, 0.3) is 11.0 Å². The summed E-state index contributed by atoms with van der Waals surface area (Å²) >= 11 is 5.54. The molecule has 106 valence electrons. The van der Waals surface area contributed by atoms with Crippen LogP contribution in [0.2, 0.25) is 0 Å². The highest BCUT2D eigenvalue weighted by Gasteiger charge is 2.27. The maximum atomic E-state index is 5.54. The number of imidazole rings is 1. The third-order valence-corrected chi connectivity index (χ3v) is 4.53. The molecule has 1 aromatic heterocycles. The Balaban J connectivity index is 2.26. The number of aromatic nitrogens is 2. The molecule has 0 fully saturated rings. The van der Waals surface area contributed by atoms with Gasteiger partial charge in [-0.25, -0.2) is 0 Å². The molecule has 1 aromatic carbocycles. The van der Waals surface area contributed by atoms with Gasteiger partial charge in [-0.15, -0.1) is 0 Å². The Labute approximate surface area is 124 Å². The lowest BCUT2D eigenvalue weighted by molar-refractivity contribution is 0.230. The first kappa shape index (κ1) is 13.4. The lowest BCUT2D eigenvalue weighted by atomic mass is 10.1. The fraction of sp³-hybridized carbons (Fsp3) is 0.438. The second kappa shape index (κ2) is 4.77. The zero-order valence-electron chi connectivity index (χ0n) is 12.5. The Bertz CT molecular complexity index is 734. The Morgan fingerprint density at radius 3 is 2.75 bits per heavy atom. The summed E-state index contributed by atoms with van der Waals surface area (Å²) in [6.07, 6.45) is 2.26. The van der Waals surface area contributed by atoms with Crippen molar-refractivity contribution in [3.05, 3.63) is 40.3 Å². The maximum Gasteiger partial charge on any atom is 0.178 e. The summed E-state index contributed by atoms with van der Waals surface area (Å²) in [5, 5.41) is 0. The number of benzene rings is 1. The van der Waals surface area contributed by atoms with Gasteiger partial charge in [-0.3, -0.25) is 0 Å². The summed E-state index contributed by atoms with van der Waals surface area (Å²) in [4.78, 5) is 5.76. The van der Waals surface area contributed by atoms with Crippen molar-refractivity contribution < 1.29 is 0 Å². The van der Waals surface area contributed by atoms with E-state index in [2.05, 4.69) is 66.5 Å². The molecule has 1 aliphatic heterocycles. The topological polar surface area (TPSA) is 24.0 Å². The van der Waals surface area contributed by atoms with Crippen molar-refractivity contribution in [3.8, 4) is 0 Å². The van der Waals surface area contributed by atoms with E-state index in [1.807, 2.05) is 0 Å². The molecule has 3 rings (SSSR count). The lowest BCUT2D eigenvalue weighted by Gasteiger charge is -2.31. The van der Waals surface area contributed by atoms with Crippen molar-refractivity contribution in [1.82, 2.24) is 14.5 Å². The third kappa shape index (κ3) is 1.99. The minimum Gasteiger partial charge on any atom is -0.368 e. The zero-order valence-corrected chi connectivity index (χ0v) is 13.3. The van der Waals surface area contributed by atoms with E-state index in [-0.39, 0.29) is 0 Å². The van der Waals surface area contributed by atoms with Crippen LogP contribution >= 0.6 is 12.2 Å². The molecule has 0 saturated carbocycles. The van der Waals surface area contributed by atoms with Gasteiger partial charge in [0.15, 0.2) is 4.77 Å². The highest BCUT2D eigenvalue weighted by Crippen LogP contribution is 2.31. The predicted octanol–water partition coefficient (Wildman–Crippen LogP) is 4.39. The third-order valence-electron chi connectivity index (χ3n) is 4.23. The Kier molecular flexibility index (Phi) is 3.21. The average molecular weight is 287 g/mol. The van der Waals surface area contributed by atoms with Crippen LogP contribution in [0.15, 0.2) is 30.0 Å². The monoisotopic (exact) mass is 287 g/mol. The van der Waals surface area contributed by atoms with E-state index in [0.29, 0.717) is 12.1 Å². The number of nitrogens with zero attached hydrogens (tertiary/aromatic N) is 2. The first-order valence-electron chi connectivity index (χ1n) is 7.12. The molecular weight excluding hydrogens is 266 g/mol. The number of allylic oxidation sites excluding steroid dienone is 1. The first-order chi connectivity index (χ1) is 9.49. The molecule has 0 unspecified atom stereocenters. The number of H-pyrrole nitrogens is 1. The molecule has 2 heterocycles. The molecule has 0 saturated heterocycles. The minimum absolute atomic E-state index is 0.343. The summed E-state index contributed by atoms with van der Waals surface area (Å²) in [6, 6.07) is 7.17. The van der Waals surface area contributed by atoms with E-state index in [1.54, 1.807) is 0 Å². The molecule has 3 nitrogen and oxygen atoms in total. The van der Waals surface area contributed by atoms with E-state index in [0.717, 1.165) is 16.8 Å². The maximum absolute atomic E-state index is 5.54. The number of hydrogen-bond acceptors (Lipinski definition) is 2. The lowest BCUT2D eigenvalue weighted by Crippen LogP contribution is -2.32. The van der Waals surface area contributed by atoms with Crippen LogP contribution in [0.4, 0.5) is 0 Å². The molecule has 1 N–H and O–H groups in total. The van der Waals surface area contributed by atoms with Crippen LogP contribution in [-0.2, 0) is 6.54 Å². The second-order valence-corrected chi connectivity index (χ2v) is 6.36. The summed E-state index contributed by atoms with van der Waals surface area (Å²) in [5.41, 5.74) is 5.07. The van der Waals surface area contributed by atoms with E-state index in [1.165, 1.54) is 16.7 Å².